The third-order valence-electron chi connectivity index (χ3n) is 3.00. The summed E-state index contributed by atoms with van der Waals surface area (Å²) in [5.74, 6) is -0.0148. The molecule has 0 bridgehead atoms. The van der Waals surface area contributed by atoms with E-state index in [1.54, 1.807) is 30.3 Å². The molecule has 0 aliphatic carbocycles. The Morgan fingerprint density at radius 3 is 2.52 bits per heavy atom. The number of nitrogens with two attached hydrogens (primary N) is 1. The molecule has 4 nitrogen and oxygen atoms in total. The average molecular weight is 347 g/mol. The minimum atomic E-state index is -0.377. The summed E-state index contributed by atoms with van der Waals surface area (Å²) in [5.41, 5.74) is 6.77. The van der Waals surface area contributed by atoms with Crippen molar-refractivity contribution >= 4 is 40.6 Å². The van der Waals surface area contributed by atoms with E-state index in [0.717, 1.165) is 4.90 Å². The van der Waals surface area contributed by atoms with Gasteiger partial charge in [0.25, 0.3) is 0 Å². The summed E-state index contributed by atoms with van der Waals surface area (Å²) in [4.78, 5) is 9.20. The average Bonchev–Trinajstić information content (AvgIpc) is 2.55. The minimum Gasteiger partial charge on any atom is -0.394 e. The zero-order valence-corrected chi connectivity index (χ0v) is 13.4. The number of nitrogen functional groups attached to an aromatic ring is 1. The van der Waals surface area contributed by atoms with Gasteiger partial charge in [-0.25, -0.2) is 14.4 Å². The standard InChI is InChI=1S/C16H12ClFN4S/c17-10-5-7-11(8-6-10)23-16-14(19)15(20-9-21-16)22-13-4-2-1-3-12(13)18/h1-9H,19H2,(H,20,21,22). The van der Waals surface area contributed by atoms with Gasteiger partial charge in [0.2, 0.25) is 0 Å². The molecule has 0 saturated carbocycles. The van der Waals surface area contributed by atoms with Crippen molar-refractivity contribution in [2.24, 2.45) is 0 Å². The molecular formula is C16H12ClFN4S. The maximum Gasteiger partial charge on any atom is 0.158 e. The third-order valence-corrected chi connectivity index (χ3v) is 4.28. The smallest absolute Gasteiger partial charge is 0.158 e. The van der Waals surface area contributed by atoms with Gasteiger partial charge in [-0.2, -0.15) is 0 Å². The van der Waals surface area contributed by atoms with E-state index in [2.05, 4.69) is 15.3 Å². The van der Waals surface area contributed by atoms with E-state index >= 15 is 0 Å². The zero-order chi connectivity index (χ0) is 16.2. The van der Waals surface area contributed by atoms with Crippen LogP contribution >= 0.6 is 23.4 Å². The molecule has 7 heteroatoms. The summed E-state index contributed by atoms with van der Waals surface area (Å²) < 4.78 is 13.7. The Balaban J connectivity index is 1.86. The molecule has 0 fully saturated rings. The van der Waals surface area contributed by atoms with Gasteiger partial charge in [0.15, 0.2) is 5.82 Å². The zero-order valence-electron chi connectivity index (χ0n) is 11.8. The first kappa shape index (κ1) is 15.6. The second kappa shape index (κ2) is 6.85. The van der Waals surface area contributed by atoms with Crippen LogP contribution in [0.2, 0.25) is 5.02 Å². The van der Waals surface area contributed by atoms with Crippen LogP contribution < -0.4 is 11.1 Å². The summed E-state index contributed by atoms with van der Waals surface area (Å²) in [6.07, 6.45) is 1.39. The lowest BCUT2D eigenvalue weighted by atomic mass is 10.3. The van der Waals surface area contributed by atoms with Crippen LogP contribution in [-0.2, 0) is 0 Å². The van der Waals surface area contributed by atoms with Gasteiger partial charge in [-0.1, -0.05) is 35.5 Å². The quantitative estimate of drug-likeness (QED) is 0.668. The lowest BCUT2D eigenvalue weighted by molar-refractivity contribution is 0.632. The predicted molar refractivity (Wildman–Crippen MR) is 91.7 cm³/mol. The van der Waals surface area contributed by atoms with E-state index in [9.17, 15) is 4.39 Å². The van der Waals surface area contributed by atoms with Crippen molar-refractivity contribution in [1.29, 1.82) is 0 Å². The lowest BCUT2D eigenvalue weighted by Crippen LogP contribution is -2.03. The first-order valence-electron chi connectivity index (χ1n) is 6.69. The van der Waals surface area contributed by atoms with E-state index in [0.29, 0.717) is 27.2 Å². The van der Waals surface area contributed by atoms with Crippen molar-refractivity contribution in [2.45, 2.75) is 9.92 Å². The molecule has 2 aromatic carbocycles. The van der Waals surface area contributed by atoms with Crippen molar-refractivity contribution in [3.8, 4) is 0 Å². The molecule has 3 rings (SSSR count). The van der Waals surface area contributed by atoms with Gasteiger partial charge in [-0.05, 0) is 36.4 Å². The molecule has 3 aromatic rings. The van der Waals surface area contributed by atoms with E-state index in [1.165, 1.54) is 24.2 Å². The molecule has 0 radical (unpaired) electrons. The van der Waals surface area contributed by atoms with Gasteiger partial charge in [-0.3, -0.25) is 0 Å². The number of aromatic nitrogens is 2. The van der Waals surface area contributed by atoms with Crippen LogP contribution in [0.5, 0.6) is 0 Å². The fraction of sp³-hybridized carbons (Fsp3) is 0. The fourth-order valence-electron chi connectivity index (χ4n) is 1.86. The molecule has 0 amide bonds. The topological polar surface area (TPSA) is 63.8 Å². The molecule has 0 saturated heterocycles. The normalized spacial score (nSPS) is 10.5. The molecule has 0 aliphatic rings. The van der Waals surface area contributed by atoms with Crippen molar-refractivity contribution in [3.63, 3.8) is 0 Å². The number of para-hydroxylation sites is 1. The predicted octanol–water partition coefficient (Wildman–Crippen LogP) is 4.75. The Labute approximate surface area is 141 Å². The summed E-state index contributed by atoms with van der Waals surface area (Å²) >= 11 is 7.25. The monoisotopic (exact) mass is 346 g/mol. The van der Waals surface area contributed by atoms with Gasteiger partial charge >= 0.3 is 0 Å². The molecule has 0 unspecified atom stereocenters. The van der Waals surface area contributed by atoms with Gasteiger partial charge in [0.05, 0.1) is 5.69 Å². The van der Waals surface area contributed by atoms with Gasteiger partial charge in [-0.15, -0.1) is 0 Å². The summed E-state index contributed by atoms with van der Waals surface area (Å²) in [7, 11) is 0. The largest absolute Gasteiger partial charge is 0.394 e. The highest BCUT2D eigenvalue weighted by Crippen LogP contribution is 2.34. The van der Waals surface area contributed by atoms with E-state index in [1.807, 2.05) is 12.1 Å². The highest BCUT2D eigenvalue weighted by Gasteiger charge is 2.11. The fourth-order valence-corrected chi connectivity index (χ4v) is 2.79. The Bertz CT molecular complexity index is 827. The number of hydrogen-bond acceptors (Lipinski definition) is 5. The number of rotatable bonds is 4. The molecule has 0 aliphatic heterocycles. The van der Waals surface area contributed by atoms with Gasteiger partial charge in [0.1, 0.15) is 22.9 Å². The van der Waals surface area contributed by atoms with E-state index in [4.69, 9.17) is 17.3 Å². The lowest BCUT2D eigenvalue weighted by Gasteiger charge is -2.11. The number of halogens is 2. The highest BCUT2D eigenvalue weighted by atomic mass is 35.5. The molecule has 0 spiro atoms. The first-order valence-corrected chi connectivity index (χ1v) is 7.88. The molecular weight excluding hydrogens is 335 g/mol. The Morgan fingerprint density at radius 2 is 1.78 bits per heavy atom. The van der Waals surface area contributed by atoms with Gasteiger partial charge in [0, 0.05) is 9.92 Å². The Morgan fingerprint density at radius 1 is 1.04 bits per heavy atom. The Kier molecular flexibility index (Phi) is 4.64. The Hall–Kier alpha value is -2.31. The molecule has 116 valence electrons. The maximum atomic E-state index is 13.7. The minimum absolute atomic E-state index is 0.306. The molecule has 3 N–H and O–H groups in total. The maximum absolute atomic E-state index is 13.7. The second-order valence-electron chi connectivity index (χ2n) is 4.60. The second-order valence-corrected chi connectivity index (χ2v) is 6.10. The molecule has 1 heterocycles. The van der Waals surface area contributed by atoms with Crippen LogP contribution in [0.1, 0.15) is 0 Å². The van der Waals surface area contributed by atoms with E-state index in [-0.39, 0.29) is 5.82 Å². The number of anilines is 3. The number of benzene rings is 2. The SMILES string of the molecule is Nc1c(Nc2ccccc2F)ncnc1Sc1ccc(Cl)cc1. The van der Waals surface area contributed by atoms with Crippen LogP contribution in [0.3, 0.4) is 0 Å². The molecule has 0 atom stereocenters. The van der Waals surface area contributed by atoms with Crippen LogP contribution in [0.4, 0.5) is 21.6 Å². The molecule has 23 heavy (non-hydrogen) atoms. The number of nitrogens with zero attached hydrogens (tertiary/aromatic N) is 2. The summed E-state index contributed by atoms with van der Waals surface area (Å²) in [5, 5.41) is 4.13. The van der Waals surface area contributed by atoms with Crippen molar-refractivity contribution in [1.82, 2.24) is 9.97 Å². The van der Waals surface area contributed by atoms with Crippen LogP contribution in [0.15, 0.2) is 64.8 Å². The highest BCUT2D eigenvalue weighted by molar-refractivity contribution is 7.99. The molecule has 1 aromatic heterocycles. The first-order chi connectivity index (χ1) is 11.1. The third kappa shape index (κ3) is 3.72. The van der Waals surface area contributed by atoms with Crippen LogP contribution in [0, 0.1) is 5.82 Å². The van der Waals surface area contributed by atoms with Crippen LogP contribution in [-0.4, -0.2) is 9.97 Å². The summed E-state index contributed by atoms with van der Waals surface area (Å²) in [6, 6.07) is 13.7. The van der Waals surface area contributed by atoms with Crippen molar-refractivity contribution in [2.75, 3.05) is 11.1 Å². The van der Waals surface area contributed by atoms with E-state index < -0.39 is 0 Å². The van der Waals surface area contributed by atoms with Gasteiger partial charge < -0.3 is 11.1 Å². The number of nitrogens with one attached hydrogen (secondary N) is 1. The van der Waals surface area contributed by atoms with Crippen LogP contribution in [0.25, 0.3) is 0 Å². The number of hydrogen-bond donors (Lipinski definition) is 2. The van der Waals surface area contributed by atoms with Crippen molar-refractivity contribution in [3.05, 3.63) is 65.7 Å². The van der Waals surface area contributed by atoms with Crippen molar-refractivity contribution < 1.29 is 4.39 Å². The summed E-state index contributed by atoms with van der Waals surface area (Å²) in [6.45, 7) is 0.